The molecule has 1 fully saturated rings. The lowest BCUT2D eigenvalue weighted by Crippen LogP contribution is -2.62. The Balaban J connectivity index is 2.33. The van der Waals surface area contributed by atoms with Crippen LogP contribution in [0.3, 0.4) is 0 Å². The number of likely N-dealkylation sites (tertiary alicyclic amines) is 1. The molecule has 4 atom stereocenters. The standard InChI is InChI=1S/C18H26FN3O4/c1-3-21(4-2)13-6-5-11(16(19)12(13)7-20)8-22-9-15(24)18(26)17(25)14(22)10-23/h5-6,14-15,17-18,23-26H,3-4,8-10H2,1-2H3/t14-,15-,17+,18+/m0/s1. The zero-order valence-corrected chi connectivity index (χ0v) is 15.0. The van der Waals surface area contributed by atoms with E-state index in [2.05, 4.69) is 0 Å². The minimum atomic E-state index is -1.37. The predicted molar refractivity (Wildman–Crippen MR) is 94.0 cm³/mol. The smallest absolute Gasteiger partial charge is 0.147 e. The summed E-state index contributed by atoms with van der Waals surface area (Å²) in [5.74, 6) is -0.649. The summed E-state index contributed by atoms with van der Waals surface area (Å²) in [5.41, 5.74) is 0.697. The Bertz CT molecular complexity index is 663. The Morgan fingerprint density at radius 3 is 2.42 bits per heavy atom. The van der Waals surface area contributed by atoms with Crippen molar-refractivity contribution in [3.8, 4) is 6.07 Å². The van der Waals surface area contributed by atoms with Gasteiger partial charge in [-0.25, -0.2) is 4.39 Å². The first-order chi connectivity index (χ1) is 12.4. The maximum absolute atomic E-state index is 14.9. The van der Waals surface area contributed by atoms with E-state index >= 15 is 0 Å². The van der Waals surface area contributed by atoms with Crippen molar-refractivity contribution < 1.29 is 24.8 Å². The maximum atomic E-state index is 14.9. The molecule has 0 spiro atoms. The van der Waals surface area contributed by atoms with E-state index in [9.17, 15) is 30.1 Å². The van der Waals surface area contributed by atoms with Crippen molar-refractivity contribution in [2.24, 2.45) is 0 Å². The van der Waals surface area contributed by atoms with Gasteiger partial charge in [0.15, 0.2) is 0 Å². The van der Waals surface area contributed by atoms with Crippen LogP contribution in [0.1, 0.15) is 25.0 Å². The molecular weight excluding hydrogens is 341 g/mol. The molecule has 0 aromatic heterocycles. The lowest BCUT2D eigenvalue weighted by Gasteiger charge is -2.43. The highest BCUT2D eigenvalue weighted by atomic mass is 19.1. The normalized spacial score (nSPS) is 26.5. The van der Waals surface area contributed by atoms with Crippen LogP contribution in [-0.4, -0.2) is 75.9 Å². The van der Waals surface area contributed by atoms with Crippen LogP contribution in [0.4, 0.5) is 10.1 Å². The molecule has 0 aliphatic carbocycles. The molecule has 0 bridgehead atoms. The van der Waals surface area contributed by atoms with Crippen molar-refractivity contribution in [1.29, 1.82) is 5.26 Å². The number of benzene rings is 1. The molecule has 0 amide bonds. The van der Waals surface area contributed by atoms with Gasteiger partial charge in [0, 0.05) is 31.7 Å². The Labute approximate surface area is 152 Å². The van der Waals surface area contributed by atoms with E-state index in [1.165, 1.54) is 4.90 Å². The molecule has 0 radical (unpaired) electrons. The summed E-state index contributed by atoms with van der Waals surface area (Å²) in [7, 11) is 0. The summed E-state index contributed by atoms with van der Waals surface area (Å²) in [4.78, 5) is 3.39. The van der Waals surface area contributed by atoms with Crippen molar-refractivity contribution >= 4 is 5.69 Å². The Hall–Kier alpha value is -1.76. The molecule has 1 aromatic rings. The van der Waals surface area contributed by atoms with Crippen molar-refractivity contribution in [1.82, 2.24) is 4.90 Å². The largest absolute Gasteiger partial charge is 0.395 e. The minimum absolute atomic E-state index is 0.00882. The number of piperidine rings is 1. The van der Waals surface area contributed by atoms with E-state index < -0.39 is 36.8 Å². The van der Waals surface area contributed by atoms with Gasteiger partial charge in [-0.15, -0.1) is 0 Å². The fraction of sp³-hybridized carbons (Fsp3) is 0.611. The third kappa shape index (κ3) is 3.82. The van der Waals surface area contributed by atoms with Crippen molar-refractivity contribution in [3.05, 3.63) is 29.1 Å². The summed E-state index contributed by atoms with van der Waals surface area (Å²) < 4.78 is 14.9. The second kappa shape index (κ2) is 8.75. The monoisotopic (exact) mass is 367 g/mol. The van der Waals surface area contributed by atoms with Gasteiger partial charge in [-0.05, 0) is 19.9 Å². The van der Waals surface area contributed by atoms with Gasteiger partial charge in [-0.1, -0.05) is 6.07 Å². The van der Waals surface area contributed by atoms with Crippen LogP contribution in [0.15, 0.2) is 12.1 Å². The third-order valence-electron chi connectivity index (χ3n) is 5.01. The SMILES string of the molecule is CCN(CC)c1ccc(CN2C[C@H](O)[C@@H](O)[C@H](O)[C@@H]2CO)c(F)c1C#N. The fourth-order valence-electron chi connectivity index (χ4n) is 3.44. The average molecular weight is 367 g/mol. The molecule has 2 rings (SSSR count). The summed E-state index contributed by atoms with van der Waals surface area (Å²) in [6, 6.07) is 4.34. The van der Waals surface area contributed by atoms with Crippen molar-refractivity contribution in [2.45, 2.75) is 44.7 Å². The van der Waals surface area contributed by atoms with Crippen LogP contribution in [0, 0.1) is 17.1 Å². The highest BCUT2D eigenvalue weighted by Gasteiger charge is 2.41. The molecule has 0 saturated carbocycles. The molecule has 8 heteroatoms. The molecule has 1 aliphatic heterocycles. The highest BCUT2D eigenvalue weighted by molar-refractivity contribution is 5.61. The molecule has 1 aliphatic rings. The first-order valence-electron chi connectivity index (χ1n) is 8.75. The van der Waals surface area contributed by atoms with Crippen molar-refractivity contribution in [2.75, 3.05) is 31.1 Å². The summed E-state index contributed by atoms with van der Waals surface area (Å²) in [6.45, 7) is 4.63. The number of halogens is 1. The lowest BCUT2D eigenvalue weighted by molar-refractivity contribution is -0.147. The first-order valence-corrected chi connectivity index (χ1v) is 8.75. The minimum Gasteiger partial charge on any atom is -0.395 e. The maximum Gasteiger partial charge on any atom is 0.147 e. The lowest BCUT2D eigenvalue weighted by atomic mass is 9.93. The topological polar surface area (TPSA) is 111 Å². The quantitative estimate of drug-likeness (QED) is 0.551. The number of nitriles is 1. The number of hydrogen-bond acceptors (Lipinski definition) is 7. The van der Waals surface area contributed by atoms with Gasteiger partial charge in [0.05, 0.1) is 24.4 Å². The van der Waals surface area contributed by atoms with Gasteiger partial charge >= 0.3 is 0 Å². The highest BCUT2D eigenvalue weighted by Crippen LogP contribution is 2.28. The van der Waals surface area contributed by atoms with E-state index in [1.54, 1.807) is 12.1 Å². The zero-order valence-electron chi connectivity index (χ0n) is 15.0. The number of anilines is 1. The molecule has 1 heterocycles. The third-order valence-corrected chi connectivity index (χ3v) is 5.01. The predicted octanol–water partition coefficient (Wildman–Crippen LogP) is -0.197. The fourth-order valence-corrected chi connectivity index (χ4v) is 3.44. The van der Waals surface area contributed by atoms with Crippen LogP contribution in [0.2, 0.25) is 0 Å². The molecule has 1 aromatic carbocycles. The van der Waals surface area contributed by atoms with Gasteiger partial charge in [0.25, 0.3) is 0 Å². The number of aliphatic hydroxyl groups excluding tert-OH is 4. The Morgan fingerprint density at radius 1 is 1.23 bits per heavy atom. The van der Waals surface area contributed by atoms with Crippen LogP contribution >= 0.6 is 0 Å². The van der Waals surface area contributed by atoms with Gasteiger partial charge < -0.3 is 25.3 Å². The van der Waals surface area contributed by atoms with Gasteiger partial charge in [0.1, 0.15) is 29.7 Å². The second-order valence-electron chi connectivity index (χ2n) is 6.44. The van der Waals surface area contributed by atoms with Crippen LogP contribution in [0.5, 0.6) is 0 Å². The van der Waals surface area contributed by atoms with Crippen LogP contribution in [-0.2, 0) is 6.54 Å². The zero-order chi connectivity index (χ0) is 19.4. The van der Waals surface area contributed by atoms with Gasteiger partial charge in [0.2, 0.25) is 0 Å². The Morgan fingerprint density at radius 2 is 1.88 bits per heavy atom. The molecule has 0 unspecified atom stereocenters. The summed E-state index contributed by atoms with van der Waals surface area (Å²) in [5, 5.41) is 48.6. The number of rotatable bonds is 6. The van der Waals surface area contributed by atoms with Gasteiger partial charge in [-0.3, -0.25) is 4.90 Å². The average Bonchev–Trinajstić information content (AvgIpc) is 2.63. The van der Waals surface area contributed by atoms with Crippen molar-refractivity contribution in [3.63, 3.8) is 0 Å². The number of aliphatic hydroxyl groups is 4. The summed E-state index contributed by atoms with van der Waals surface area (Å²) in [6.07, 6.45) is -3.92. The van der Waals surface area contributed by atoms with E-state index in [1.807, 2.05) is 24.8 Å². The molecule has 26 heavy (non-hydrogen) atoms. The molecule has 4 N–H and O–H groups in total. The van der Waals surface area contributed by atoms with E-state index in [0.29, 0.717) is 18.8 Å². The number of nitrogens with zero attached hydrogens (tertiary/aromatic N) is 3. The van der Waals surface area contributed by atoms with E-state index in [0.717, 1.165) is 0 Å². The van der Waals surface area contributed by atoms with E-state index in [4.69, 9.17) is 0 Å². The first kappa shape index (κ1) is 20.6. The molecule has 7 nitrogen and oxygen atoms in total. The van der Waals surface area contributed by atoms with Crippen LogP contribution in [0.25, 0.3) is 0 Å². The number of hydrogen-bond donors (Lipinski definition) is 4. The second-order valence-corrected chi connectivity index (χ2v) is 6.44. The van der Waals surface area contributed by atoms with Crippen LogP contribution < -0.4 is 4.90 Å². The molecular formula is C18H26FN3O4. The van der Waals surface area contributed by atoms with E-state index in [-0.39, 0.29) is 24.2 Å². The Kier molecular flexibility index (Phi) is 6.92. The van der Waals surface area contributed by atoms with Gasteiger partial charge in [-0.2, -0.15) is 5.26 Å². The molecule has 144 valence electrons. The molecule has 1 saturated heterocycles. The number of β-amino-alcohol motifs (C(OH)–C–C–N with tert-alkyl or cyclic N) is 1. The summed E-state index contributed by atoms with van der Waals surface area (Å²) >= 11 is 0.